The lowest BCUT2D eigenvalue weighted by molar-refractivity contribution is 0.0678. The van der Waals surface area contributed by atoms with E-state index in [2.05, 4.69) is 33.9 Å². The predicted octanol–water partition coefficient (Wildman–Crippen LogP) is 2.79. The van der Waals surface area contributed by atoms with Gasteiger partial charge in [0.05, 0.1) is 6.04 Å². The molecule has 1 N–H and O–H groups in total. The van der Waals surface area contributed by atoms with Gasteiger partial charge in [-0.1, -0.05) is 11.3 Å². The highest BCUT2D eigenvalue weighted by Crippen LogP contribution is 2.34. The second-order valence-electron chi connectivity index (χ2n) is 4.67. The standard InChI is InChI=1S/C13H16N4OS2/c1-3-14-13-16-15-11(20-13)12(18)17-6-4-10-9(8(17)2)5-7-19-10/h5,7-8H,3-4,6H2,1-2H3,(H,14,16). The van der Waals surface area contributed by atoms with Crippen molar-refractivity contribution in [3.05, 3.63) is 26.9 Å². The molecular weight excluding hydrogens is 292 g/mol. The summed E-state index contributed by atoms with van der Waals surface area (Å²) in [4.78, 5) is 15.9. The normalized spacial score (nSPS) is 17.9. The number of hydrogen-bond acceptors (Lipinski definition) is 6. The molecule has 3 rings (SSSR count). The van der Waals surface area contributed by atoms with Gasteiger partial charge in [-0.3, -0.25) is 4.79 Å². The van der Waals surface area contributed by atoms with Crippen molar-refractivity contribution in [2.75, 3.05) is 18.4 Å². The summed E-state index contributed by atoms with van der Waals surface area (Å²) in [6, 6.07) is 2.23. The minimum absolute atomic E-state index is 0.0176. The Morgan fingerprint density at radius 1 is 1.55 bits per heavy atom. The fourth-order valence-electron chi connectivity index (χ4n) is 2.44. The van der Waals surface area contributed by atoms with Gasteiger partial charge in [0, 0.05) is 18.0 Å². The monoisotopic (exact) mass is 308 g/mol. The molecule has 1 amide bonds. The van der Waals surface area contributed by atoms with Gasteiger partial charge in [0.25, 0.3) is 5.91 Å². The van der Waals surface area contributed by atoms with Crippen molar-refractivity contribution in [2.24, 2.45) is 0 Å². The molecule has 0 aromatic carbocycles. The van der Waals surface area contributed by atoms with Gasteiger partial charge in [-0.2, -0.15) is 0 Å². The first-order chi connectivity index (χ1) is 9.70. The number of hydrogen-bond donors (Lipinski definition) is 1. The van der Waals surface area contributed by atoms with Gasteiger partial charge in [0.1, 0.15) is 0 Å². The molecule has 0 radical (unpaired) electrons. The first kappa shape index (κ1) is 13.5. The lowest BCUT2D eigenvalue weighted by Crippen LogP contribution is -2.38. The number of amides is 1. The van der Waals surface area contributed by atoms with Crippen LogP contribution in [0.4, 0.5) is 5.13 Å². The van der Waals surface area contributed by atoms with E-state index >= 15 is 0 Å². The first-order valence-corrected chi connectivity index (χ1v) is 8.35. The quantitative estimate of drug-likeness (QED) is 0.947. The maximum Gasteiger partial charge on any atom is 0.285 e. The van der Waals surface area contributed by atoms with Crippen LogP contribution < -0.4 is 5.32 Å². The molecule has 1 unspecified atom stereocenters. The average molecular weight is 308 g/mol. The molecule has 3 heterocycles. The summed E-state index contributed by atoms with van der Waals surface area (Å²) in [6.07, 6.45) is 0.932. The van der Waals surface area contributed by atoms with E-state index in [0.29, 0.717) is 10.1 Å². The molecule has 0 fully saturated rings. The highest BCUT2D eigenvalue weighted by Gasteiger charge is 2.30. The summed E-state index contributed by atoms with van der Waals surface area (Å²) in [5.41, 5.74) is 1.27. The fourth-order valence-corrected chi connectivity index (χ4v) is 4.17. The van der Waals surface area contributed by atoms with Crippen molar-refractivity contribution in [3.8, 4) is 0 Å². The van der Waals surface area contributed by atoms with Crippen LogP contribution in [0.3, 0.4) is 0 Å². The highest BCUT2D eigenvalue weighted by atomic mass is 32.1. The number of thiophene rings is 1. The molecule has 20 heavy (non-hydrogen) atoms. The zero-order valence-corrected chi connectivity index (χ0v) is 13.1. The number of carbonyl (C=O) groups excluding carboxylic acids is 1. The Hall–Kier alpha value is -1.47. The van der Waals surface area contributed by atoms with Gasteiger partial charge >= 0.3 is 0 Å². The van der Waals surface area contributed by atoms with Crippen LogP contribution in [0.25, 0.3) is 0 Å². The molecule has 0 aliphatic carbocycles. The molecule has 1 aliphatic heterocycles. The Morgan fingerprint density at radius 2 is 2.40 bits per heavy atom. The highest BCUT2D eigenvalue weighted by molar-refractivity contribution is 7.17. The first-order valence-electron chi connectivity index (χ1n) is 6.65. The molecule has 2 aromatic heterocycles. The van der Waals surface area contributed by atoms with Crippen molar-refractivity contribution in [3.63, 3.8) is 0 Å². The Kier molecular flexibility index (Phi) is 3.71. The largest absolute Gasteiger partial charge is 0.360 e. The number of nitrogens with one attached hydrogen (secondary N) is 1. The zero-order valence-electron chi connectivity index (χ0n) is 11.4. The van der Waals surface area contributed by atoms with E-state index in [0.717, 1.165) is 19.5 Å². The van der Waals surface area contributed by atoms with Gasteiger partial charge in [0.2, 0.25) is 10.1 Å². The maximum atomic E-state index is 12.6. The minimum atomic E-state index is -0.0176. The Balaban J connectivity index is 1.80. The Bertz CT molecular complexity index is 621. The van der Waals surface area contributed by atoms with E-state index < -0.39 is 0 Å². The molecule has 7 heteroatoms. The summed E-state index contributed by atoms with van der Waals surface area (Å²) in [5.74, 6) is -0.0176. The summed E-state index contributed by atoms with van der Waals surface area (Å²) in [5, 5.41) is 14.4. The van der Waals surface area contributed by atoms with Crippen molar-refractivity contribution in [1.82, 2.24) is 15.1 Å². The van der Waals surface area contributed by atoms with Crippen LogP contribution in [-0.4, -0.2) is 34.1 Å². The summed E-state index contributed by atoms with van der Waals surface area (Å²) >= 11 is 3.10. The Morgan fingerprint density at radius 3 is 3.20 bits per heavy atom. The van der Waals surface area contributed by atoms with E-state index in [-0.39, 0.29) is 11.9 Å². The number of nitrogens with zero attached hydrogens (tertiary/aromatic N) is 3. The fraction of sp³-hybridized carbons (Fsp3) is 0.462. The topological polar surface area (TPSA) is 58.1 Å². The molecule has 106 valence electrons. The van der Waals surface area contributed by atoms with Gasteiger partial charge in [-0.25, -0.2) is 0 Å². The van der Waals surface area contributed by atoms with Gasteiger partial charge in [-0.15, -0.1) is 21.5 Å². The summed E-state index contributed by atoms with van der Waals surface area (Å²) < 4.78 is 0. The van der Waals surface area contributed by atoms with Crippen molar-refractivity contribution in [1.29, 1.82) is 0 Å². The summed E-state index contributed by atoms with van der Waals surface area (Å²) in [6.45, 7) is 5.60. The number of anilines is 1. The number of aromatic nitrogens is 2. The molecule has 0 spiro atoms. The summed E-state index contributed by atoms with van der Waals surface area (Å²) in [7, 11) is 0. The predicted molar refractivity (Wildman–Crippen MR) is 81.5 cm³/mol. The number of carbonyl (C=O) groups is 1. The molecule has 0 bridgehead atoms. The van der Waals surface area contributed by atoms with Gasteiger partial charge < -0.3 is 10.2 Å². The molecule has 0 saturated carbocycles. The molecule has 0 saturated heterocycles. The molecule has 5 nitrogen and oxygen atoms in total. The van der Waals surface area contributed by atoms with Crippen LogP contribution in [0.2, 0.25) is 0 Å². The van der Waals surface area contributed by atoms with Crippen LogP contribution in [0.1, 0.15) is 40.1 Å². The number of fused-ring (bicyclic) bond motifs is 1. The van der Waals surface area contributed by atoms with Crippen LogP contribution in [0, 0.1) is 0 Å². The second-order valence-corrected chi connectivity index (χ2v) is 6.64. The third kappa shape index (κ3) is 2.31. The second kappa shape index (κ2) is 5.49. The zero-order chi connectivity index (χ0) is 14.1. The van der Waals surface area contributed by atoms with E-state index in [9.17, 15) is 4.79 Å². The van der Waals surface area contributed by atoms with E-state index in [1.54, 1.807) is 11.3 Å². The third-order valence-corrected chi connectivity index (χ3v) is 5.34. The van der Waals surface area contributed by atoms with E-state index in [4.69, 9.17) is 0 Å². The maximum absolute atomic E-state index is 12.6. The van der Waals surface area contributed by atoms with Crippen LogP contribution >= 0.6 is 22.7 Å². The van der Waals surface area contributed by atoms with Gasteiger partial charge in [-0.05, 0) is 37.3 Å². The molecule has 1 atom stereocenters. The van der Waals surface area contributed by atoms with Crippen LogP contribution in [0.5, 0.6) is 0 Å². The van der Waals surface area contributed by atoms with Crippen LogP contribution in [0.15, 0.2) is 11.4 Å². The molecule has 2 aromatic rings. The number of rotatable bonds is 3. The van der Waals surface area contributed by atoms with Crippen LogP contribution in [-0.2, 0) is 6.42 Å². The Labute approximate surface area is 125 Å². The SMILES string of the molecule is CCNc1nnc(C(=O)N2CCc3sccc3C2C)s1. The molecule has 1 aliphatic rings. The van der Waals surface area contributed by atoms with Crippen molar-refractivity contribution < 1.29 is 4.79 Å². The minimum Gasteiger partial charge on any atom is -0.360 e. The van der Waals surface area contributed by atoms with Crippen molar-refractivity contribution >= 4 is 33.7 Å². The lowest BCUT2D eigenvalue weighted by atomic mass is 10.0. The molecular formula is C13H16N4OS2. The smallest absolute Gasteiger partial charge is 0.285 e. The van der Waals surface area contributed by atoms with E-state index in [1.165, 1.54) is 21.8 Å². The third-order valence-electron chi connectivity index (χ3n) is 3.47. The van der Waals surface area contributed by atoms with Crippen molar-refractivity contribution in [2.45, 2.75) is 26.3 Å². The van der Waals surface area contributed by atoms with Gasteiger partial charge in [0.15, 0.2) is 0 Å². The average Bonchev–Trinajstić information content (AvgIpc) is 3.08. The van der Waals surface area contributed by atoms with E-state index in [1.807, 2.05) is 11.8 Å². The lowest BCUT2D eigenvalue weighted by Gasteiger charge is -2.32.